The van der Waals surface area contributed by atoms with Gasteiger partial charge in [-0.1, -0.05) is 19.1 Å². The predicted molar refractivity (Wildman–Crippen MR) is 111 cm³/mol. The summed E-state index contributed by atoms with van der Waals surface area (Å²) in [5.74, 6) is 0.532. The Bertz CT molecular complexity index is 1000. The second-order valence-electron chi connectivity index (χ2n) is 7.54. The van der Waals surface area contributed by atoms with E-state index in [1.807, 2.05) is 0 Å². The van der Waals surface area contributed by atoms with Crippen LogP contribution in [-0.4, -0.2) is 36.5 Å². The van der Waals surface area contributed by atoms with E-state index < -0.39 is 21.7 Å². The molecule has 1 aromatic carbocycles. The van der Waals surface area contributed by atoms with Crippen molar-refractivity contribution >= 4 is 15.7 Å². The smallest absolute Gasteiger partial charge is 0.245 e. The van der Waals surface area contributed by atoms with Gasteiger partial charge in [0.15, 0.2) is 5.57 Å². The highest BCUT2D eigenvalue weighted by molar-refractivity contribution is 7.89. The summed E-state index contributed by atoms with van der Waals surface area (Å²) in [6, 6.07) is 10.8. The van der Waals surface area contributed by atoms with Crippen molar-refractivity contribution in [2.75, 3.05) is 11.9 Å². The first kappa shape index (κ1) is 23.4. The van der Waals surface area contributed by atoms with E-state index in [4.69, 9.17) is 10.5 Å². The van der Waals surface area contributed by atoms with Crippen molar-refractivity contribution in [2.45, 2.75) is 56.6 Å². The normalized spacial score (nSPS) is 19.8. The number of nitrogens with one attached hydrogen (secondary N) is 1. The fourth-order valence-corrected chi connectivity index (χ4v) is 5.49. The summed E-state index contributed by atoms with van der Waals surface area (Å²) in [5, 5.41) is 40.0. The number of nitriles is 3. The van der Waals surface area contributed by atoms with Gasteiger partial charge in [0.1, 0.15) is 28.8 Å². The molecule has 1 saturated carbocycles. The molecule has 0 saturated heterocycles. The molecule has 2 rings (SSSR count). The number of nitrogens with zero attached hydrogens (tertiary/aromatic N) is 4. The van der Waals surface area contributed by atoms with Crippen molar-refractivity contribution in [2.24, 2.45) is 5.92 Å². The highest BCUT2D eigenvalue weighted by Crippen LogP contribution is 2.33. The number of hydrogen-bond donors (Lipinski definition) is 2. The van der Waals surface area contributed by atoms with Gasteiger partial charge in [0.05, 0.1) is 11.8 Å². The molecule has 9 heteroatoms. The van der Waals surface area contributed by atoms with Gasteiger partial charge in [0.25, 0.3) is 0 Å². The Labute approximate surface area is 177 Å². The zero-order valence-electron chi connectivity index (χ0n) is 17.0. The van der Waals surface area contributed by atoms with Gasteiger partial charge in [-0.25, -0.2) is 8.42 Å². The maximum atomic E-state index is 13.6. The Morgan fingerprint density at radius 1 is 1.17 bits per heavy atom. The van der Waals surface area contributed by atoms with E-state index in [2.05, 4.69) is 12.2 Å². The van der Waals surface area contributed by atoms with Gasteiger partial charge < -0.3 is 10.4 Å². The van der Waals surface area contributed by atoms with Crippen LogP contribution in [0.2, 0.25) is 0 Å². The topological polar surface area (TPSA) is 141 Å². The minimum atomic E-state index is -4.02. The molecular weight excluding hydrogens is 402 g/mol. The number of sulfonamides is 1. The van der Waals surface area contributed by atoms with E-state index in [-0.39, 0.29) is 28.9 Å². The summed E-state index contributed by atoms with van der Waals surface area (Å²) in [7, 11) is -4.02. The number of hydrogen-bond acceptors (Lipinski definition) is 7. The van der Waals surface area contributed by atoms with E-state index in [0.717, 1.165) is 12.8 Å². The fourth-order valence-electron chi connectivity index (χ4n) is 3.57. The maximum Gasteiger partial charge on any atom is 0.245 e. The molecule has 8 nitrogen and oxygen atoms in total. The number of aliphatic hydroxyl groups is 1. The molecule has 0 aliphatic heterocycles. The summed E-state index contributed by atoms with van der Waals surface area (Å²) < 4.78 is 28.5. The van der Waals surface area contributed by atoms with Crippen molar-refractivity contribution in [1.82, 2.24) is 4.31 Å². The Morgan fingerprint density at radius 2 is 1.77 bits per heavy atom. The van der Waals surface area contributed by atoms with Crippen LogP contribution >= 0.6 is 0 Å². The summed E-state index contributed by atoms with van der Waals surface area (Å²) >= 11 is 0. The van der Waals surface area contributed by atoms with Crippen molar-refractivity contribution in [3.63, 3.8) is 0 Å². The van der Waals surface area contributed by atoms with Crippen LogP contribution in [0.15, 0.2) is 40.4 Å². The lowest BCUT2D eigenvalue weighted by Crippen LogP contribution is -2.45. The van der Waals surface area contributed by atoms with Crippen molar-refractivity contribution in [3.05, 3.63) is 35.5 Å². The molecule has 1 atom stereocenters. The Balaban J connectivity index is 2.50. The van der Waals surface area contributed by atoms with E-state index in [1.54, 1.807) is 37.3 Å². The number of aliphatic hydroxyl groups excluding tert-OH is 1. The highest BCUT2D eigenvalue weighted by atomic mass is 32.2. The van der Waals surface area contributed by atoms with E-state index in [0.29, 0.717) is 18.8 Å². The maximum absolute atomic E-state index is 13.6. The van der Waals surface area contributed by atoms with Crippen LogP contribution in [0.1, 0.15) is 39.5 Å². The highest BCUT2D eigenvalue weighted by Gasteiger charge is 2.35. The van der Waals surface area contributed by atoms with E-state index in [9.17, 15) is 18.8 Å². The summed E-state index contributed by atoms with van der Waals surface area (Å²) in [4.78, 5) is -0.0766. The van der Waals surface area contributed by atoms with E-state index in [1.165, 1.54) is 16.4 Å². The number of benzene rings is 1. The van der Waals surface area contributed by atoms with Crippen molar-refractivity contribution in [1.29, 1.82) is 15.8 Å². The third kappa shape index (κ3) is 5.37. The van der Waals surface area contributed by atoms with Crippen LogP contribution in [0.5, 0.6) is 0 Å². The molecular formula is C21H25N5O3S. The standard InChI is InChI=1S/C21H25N5O3S/c1-15-7-9-18(10-8-15)26(14-16(2)27)30(28,29)21-6-4-3-5-19(21)25-20(13-24)17(11-22)12-23/h3-6,15-16,18,25,27H,7-10,14H2,1-2H3. The lowest BCUT2D eigenvalue weighted by Gasteiger charge is -2.36. The van der Waals surface area contributed by atoms with Crippen LogP contribution in [0, 0.1) is 39.9 Å². The fraction of sp³-hybridized carbons (Fsp3) is 0.476. The third-order valence-corrected chi connectivity index (χ3v) is 7.13. The molecule has 1 unspecified atom stereocenters. The largest absolute Gasteiger partial charge is 0.392 e. The van der Waals surface area contributed by atoms with Gasteiger partial charge in [-0.2, -0.15) is 20.1 Å². The SMILES string of the molecule is CC(O)CN(C1CCC(C)CC1)S(=O)(=O)c1ccccc1NC(C#N)=C(C#N)C#N. The molecule has 2 N–H and O–H groups in total. The molecule has 0 amide bonds. The Hall–Kier alpha value is -2.90. The Kier molecular flexibility index (Phi) is 7.97. The summed E-state index contributed by atoms with van der Waals surface area (Å²) in [6.07, 6.45) is 2.38. The number of anilines is 1. The van der Waals surface area contributed by atoms with Gasteiger partial charge in [-0.3, -0.25) is 0 Å². The quantitative estimate of drug-likeness (QED) is 0.637. The zero-order valence-corrected chi connectivity index (χ0v) is 17.9. The zero-order chi connectivity index (χ0) is 22.3. The van der Waals surface area contributed by atoms with E-state index >= 15 is 0 Å². The first-order valence-corrected chi connectivity index (χ1v) is 11.2. The average molecular weight is 428 g/mol. The predicted octanol–water partition coefficient (Wildman–Crippen LogP) is 2.87. The van der Waals surface area contributed by atoms with Crippen molar-refractivity contribution in [3.8, 4) is 18.2 Å². The molecule has 158 valence electrons. The van der Waals surface area contributed by atoms with Crippen LogP contribution in [0.4, 0.5) is 5.69 Å². The van der Waals surface area contributed by atoms with Crippen LogP contribution in [-0.2, 0) is 10.0 Å². The van der Waals surface area contributed by atoms with Gasteiger partial charge in [0, 0.05) is 12.6 Å². The van der Waals surface area contributed by atoms with Crippen LogP contribution < -0.4 is 5.32 Å². The number of para-hydroxylation sites is 1. The lowest BCUT2D eigenvalue weighted by atomic mass is 9.87. The molecule has 0 radical (unpaired) electrons. The monoisotopic (exact) mass is 427 g/mol. The van der Waals surface area contributed by atoms with Crippen LogP contribution in [0.25, 0.3) is 0 Å². The van der Waals surface area contributed by atoms with Gasteiger partial charge in [-0.15, -0.1) is 0 Å². The van der Waals surface area contributed by atoms with Gasteiger partial charge >= 0.3 is 0 Å². The summed E-state index contributed by atoms with van der Waals surface area (Å²) in [6.45, 7) is 3.64. The second-order valence-corrected chi connectivity index (χ2v) is 9.40. The van der Waals surface area contributed by atoms with Gasteiger partial charge in [-0.05, 0) is 50.7 Å². The molecule has 30 heavy (non-hydrogen) atoms. The van der Waals surface area contributed by atoms with Crippen LogP contribution in [0.3, 0.4) is 0 Å². The minimum Gasteiger partial charge on any atom is -0.392 e. The minimum absolute atomic E-state index is 0.0434. The first-order valence-electron chi connectivity index (χ1n) is 9.75. The molecule has 0 spiro atoms. The van der Waals surface area contributed by atoms with Crippen molar-refractivity contribution < 1.29 is 13.5 Å². The second kappa shape index (κ2) is 10.2. The molecule has 0 heterocycles. The lowest BCUT2D eigenvalue weighted by molar-refractivity contribution is 0.130. The average Bonchev–Trinajstić information content (AvgIpc) is 2.73. The first-order chi connectivity index (χ1) is 14.2. The molecule has 0 aromatic heterocycles. The number of rotatable bonds is 7. The summed E-state index contributed by atoms with van der Waals surface area (Å²) in [5.41, 5.74) is -0.667. The molecule has 1 aromatic rings. The molecule has 0 bridgehead atoms. The molecule has 1 aliphatic rings. The third-order valence-electron chi connectivity index (χ3n) is 5.16. The Morgan fingerprint density at radius 3 is 2.30 bits per heavy atom. The molecule has 1 fully saturated rings. The number of allylic oxidation sites excluding steroid dienone is 2. The molecule has 1 aliphatic carbocycles. The van der Waals surface area contributed by atoms with Gasteiger partial charge in [0.2, 0.25) is 10.0 Å².